The summed E-state index contributed by atoms with van der Waals surface area (Å²) in [5.41, 5.74) is 3.03. The fraction of sp³-hybridized carbons (Fsp3) is 0.105. The quantitative estimate of drug-likeness (QED) is 0.368. The molecule has 0 aliphatic heterocycles. The van der Waals surface area contributed by atoms with Gasteiger partial charge in [-0.1, -0.05) is 0 Å². The first-order chi connectivity index (χ1) is 14.3. The molecule has 0 aliphatic rings. The summed E-state index contributed by atoms with van der Waals surface area (Å²) in [4.78, 5) is 8.55. The van der Waals surface area contributed by atoms with Crippen molar-refractivity contribution >= 4 is 44.1 Å². The van der Waals surface area contributed by atoms with Crippen molar-refractivity contribution in [3.63, 3.8) is 0 Å². The molecule has 0 saturated heterocycles. The Balaban J connectivity index is 1.60. The maximum Gasteiger partial charge on any atom is 0.238 e. The second-order valence-electron chi connectivity index (χ2n) is 6.50. The van der Waals surface area contributed by atoms with Gasteiger partial charge in [0.25, 0.3) is 0 Å². The van der Waals surface area contributed by atoms with Crippen LogP contribution in [-0.2, 0) is 10.0 Å². The number of aryl methyl sites for hydroxylation is 1. The first kappa shape index (κ1) is 19.6. The second-order valence-corrected chi connectivity index (χ2v) is 8.06. The average molecular weight is 425 g/mol. The van der Waals surface area contributed by atoms with E-state index in [0.29, 0.717) is 17.3 Å². The third kappa shape index (κ3) is 4.02. The number of nitrogens with two attached hydrogens (primary N) is 1. The van der Waals surface area contributed by atoms with Gasteiger partial charge in [0.1, 0.15) is 11.6 Å². The number of aromatic amines is 1. The van der Waals surface area contributed by atoms with Gasteiger partial charge in [-0.25, -0.2) is 18.5 Å². The van der Waals surface area contributed by atoms with Crippen molar-refractivity contribution in [2.75, 3.05) is 17.7 Å². The van der Waals surface area contributed by atoms with Crippen molar-refractivity contribution in [1.29, 1.82) is 0 Å². The maximum atomic E-state index is 11.6. The van der Waals surface area contributed by atoms with Crippen LogP contribution >= 0.6 is 0 Å². The van der Waals surface area contributed by atoms with Crippen LogP contribution in [0.2, 0.25) is 0 Å². The van der Waals surface area contributed by atoms with E-state index in [-0.39, 0.29) is 10.8 Å². The number of H-pyrrole nitrogens is 1. The Kier molecular flexibility index (Phi) is 4.98. The molecule has 0 spiro atoms. The largest absolute Gasteiger partial charge is 0.495 e. The fourth-order valence-corrected chi connectivity index (χ4v) is 3.48. The third-order valence-electron chi connectivity index (χ3n) is 4.42. The van der Waals surface area contributed by atoms with E-state index in [1.165, 1.54) is 25.3 Å². The molecule has 10 nitrogen and oxygen atoms in total. The van der Waals surface area contributed by atoms with E-state index in [9.17, 15) is 8.42 Å². The van der Waals surface area contributed by atoms with Gasteiger partial charge in [0.15, 0.2) is 0 Å². The van der Waals surface area contributed by atoms with Crippen molar-refractivity contribution in [3.05, 3.63) is 54.4 Å². The monoisotopic (exact) mass is 425 g/mol. The Morgan fingerprint density at radius 1 is 1.10 bits per heavy atom. The number of methoxy groups -OCH3 is 1. The highest BCUT2D eigenvalue weighted by Gasteiger charge is 2.13. The number of nitrogens with one attached hydrogen (secondary N) is 3. The summed E-state index contributed by atoms with van der Waals surface area (Å²) in [5, 5.41) is 19.7. The van der Waals surface area contributed by atoms with Crippen molar-refractivity contribution in [3.8, 4) is 5.75 Å². The normalized spacial score (nSPS) is 11.4. The molecule has 0 atom stereocenters. The molecule has 11 heteroatoms. The fourth-order valence-electron chi connectivity index (χ4n) is 2.94. The minimum atomic E-state index is -3.86. The molecule has 30 heavy (non-hydrogen) atoms. The van der Waals surface area contributed by atoms with Crippen molar-refractivity contribution in [1.82, 2.24) is 20.2 Å². The van der Waals surface area contributed by atoms with Crippen LogP contribution in [0.25, 0.3) is 10.9 Å². The van der Waals surface area contributed by atoms with Crippen LogP contribution in [0, 0.1) is 6.92 Å². The van der Waals surface area contributed by atoms with E-state index in [1.807, 2.05) is 25.1 Å². The lowest BCUT2D eigenvalue weighted by atomic mass is 10.2. The van der Waals surface area contributed by atoms with Crippen LogP contribution in [0.4, 0.5) is 23.1 Å². The summed E-state index contributed by atoms with van der Waals surface area (Å²) in [6, 6.07) is 11.8. The average Bonchev–Trinajstić information content (AvgIpc) is 3.08. The molecule has 0 fully saturated rings. The summed E-state index contributed by atoms with van der Waals surface area (Å²) in [5.74, 6) is 1.21. The van der Waals surface area contributed by atoms with Crippen molar-refractivity contribution in [2.45, 2.75) is 11.8 Å². The van der Waals surface area contributed by atoms with Gasteiger partial charge in [-0.15, -0.1) is 0 Å². The van der Waals surface area contributed by atoms with Gasteiger partial charge in [0.05, 0.1) is 23.2 Å². The number of rotatable bonds is 6. The molecule has 4 rings (SSSR count). The Morgan fingerprint density at radius 2 is 1.93 bits per heavy atom. The van der Waals surface area contributed by atoms with Crippen molar-refractivity contribution < 1.29 is 13.2 Å². The molecule has 2 heterocycles. The van der Waals surface area contributed by atoms with Crippen LogP contribution in [0.5, 0.6) is 5.75 Å². The lowest BCUT2D eigenvalue weighted by molar-refractivity contribution is 0.416. The summed E-state index contributed by atoms with van der Waals surface area (Å²) >= 11 is 0. The molecule has 0 unspecified atom stereocenters. The summed E-state index contributed by atoms with van der Waals surface area (Å²) in [6.07, 6.45) is 1.57. The summed E-state index contributed by atoms with van der Waals surface area (Å²) in [7, 11) is -2.39. The van der Waals surface area contributed by atoms with E-state index >= 15 is 0 Å². The molecule has 5 N–H and O–H groups in total. The molecule has 4 aromatic rings. The first-order valence-corrected chi connectivity index (χ1v) is 10.4. The van der Waals surface area contributed by atoms with Gasteiger partial charge in [-0.2, -0.15) is 10.1 Å². The molecule has 0 amide bonds. The highest BCUT2D eigenvalue weighted by atomic mass is 32.2. The number of ether oxygens (including phenoxy) is 1. The number of hydrogen-bond donors (Lipinski definition) is 4. The molecule has 0 bridgehead atoms. The smallest absolute Gasteiger partial charge is 0.238 e. The number of sulfonamides is 1. The van der Waals surface area contributed by atoms with Crippen LogP contribution in [0.3, 0.4) is 0 Å². The molecule has 2 aromatic heterocycles. The van der Waals surface area contributed by atoms with Crippen LogP contribution < -0.4 is 20.5 Å². The molecule has 154 valence electrons. The predicted molar refractivity (Wildman–Crippen MR) is 114 cm³/mol. The van der Waals surface area contributed by atoms with Crippen LogP contribution in [0.15, 0.2) is 53.6 Å². The minimum Gasteiger partial charge on any atom is -0.495 e. The van der Waals surface area contributed by atoms with Crippen LogP contribution in [-0.4, -0.2) is 35.7 Å². The number of benzene rings is 2. The number of fused-ring (bicyclic) bond motifs is 1. The van der Waals surface area contributed by atoms with Gasteiger partial charge < -0.3 is 15.4 Å². The van der Waals surface area contributed by atoms with E-state index in [4.69, 9.17) is 9.88 Å². The number of primary sulfonamides is 1. The maximum absolute atomic E-state index is 11.6. The first-order valence-electron chi connectivity index (χ1n) is 8.86. The zero-order valence-electron chi connectivity index (χ0n) is 16.2. The highest BCUT2D eigenvalue weighted by Crippen LogP contribution is 2.29. The number of hydrogen-bond acceptors (Lipinski definition) is 8. The summed E-state index contributed by atoms with van der Waals surface area (Å²) in [6.45, 7) is 1.96. The predicted octanol–water partition coefficient (Wildman–Crippen LogP) is 2.80. The molecule has 0 aliphatic carbocycles. The van der Waals surface area contributed by atoms with Gasteiger partial charge in [-0.3, -0.25) is 5.10 Å². The number of nitrogens with zero attached hydrogens (tertiary/aromatic N) is 3. The Bertz CT molecular complexity index is 1340. The molecule has 2 aromatic carbocycles. The number of anilines is 4. The second kappa shape index (κ2) is 7.61. The zero-order chi connectivity index (χ0) is 21.3. The molecular formula is C19H19N7O3S. The highest BCUT2D eigenvalue weighted by molar-refractivity contribution is 7.89. The standard InChI is InChI=1S/C19H19N7O3S/c1-11-14-5-3-12(9-15(14)26-25-11)22-18-7-8-21-19(24-18)23-16-10-13(30(20,27)28)4-6-17(16)29-2/h3-10H,1-2H3,(H,25,26)(H2,20,27,28)(H2,21,22,23,24). The lowest BCUT2D eigenvalue weighted by Crippen LogP contribution is -2.12. The lowest BCUT2D eigenvalue weighted by Gasteiger charge is -2.12. The van der Waals surface area contributed by atoms with Crippen LogP contribution in [0.1, 0.15) is 5.69 Å². The zero-order valence-corrected chi connectivity index (χ0v) is 17.0. The van der Waals surface area contributed by atoms with Crippen molar-refractivity contribution in [2.24, 2.45) is 5.14 Å². The minimum absolute atomic E-state index is 0.0531. The van der Waals surface area contributed by atoms with E-state index in [1.54, 1.807) is 12.3 Å². The number of aromatic nitrogens is 4. The van der Waals surface area contributed by atoms with Gasteiger partial charge >= 0.3 is 0 Å². The molecule has 0 saturated carbocycles. The van der Waals surface area contributed by atoms with E-state index in [0.717, 1.165) is 22.3 Å². The molecule has 0 radical (unpaired) electrons. The Hall–Kier alpha value is -3.70. The molecular weight excluding hydrogens is 406 g/mol. The van der Waals surface area contributed by atoms with E-state index in [2.05, 4.69) is 30.8 Å². The SMILES string of the molecule is COc1ccc(S(N)(=O)=O)cc1Nc1nccc(Nc2ccc3c(C)[nH]nc3c2)n1. The Labute approximate surface area is 172 Å². The summed E-state index contributed by atoms with van der Waals surface area (Å²) < 4.78 is 28.6. The van der Waals surface area contributed by atoms with Gasteiger partial charge in [0.2, 0.25) is 16.0 Å². The van der Waals surface area contributed by atoms with Gasteiger partial charge in [-0.05, 0) is 49.4 Å². The van der Waals surface area contributed by atoms with Gasteiger partial charge in [0, 0.05) is 23.0 Å². The topological polar surface area (TPSA) is 148 Å². The Morgan fingerprint density at radius 3 is 2.70 bits per heavy atom. The third-order valence-corrected chi connectivity index (χ3v) is 5.33. The van der Waals surface area contributed by atoms with E-state index < -0.39 is 10.0 Å².